The molecule has 3 atom stereocenters. The molecule has 7 heteroatoms. The van der Waals surface area contributed by atoms with E-state index in [0.29, 0.717) is 31.0 Å². The fourth-order valence-electron chi connectivity index (χ4n) is 6.04. The summed E-state index contributed by atoms with van der Waals surface area (Å²) in [7, 11) is 1.82. The standard InChI is InChI=1S/C27H37N3O4/c1-18-8-11-23(25(31)28-18)30-17-19-16-20(9-10-21(19)26(30)32)34-24-7-5-4-6-22(24)29-14-12-27(2,33-3)13-15-29/h9-10,16,22-24H,1,4-8,11-15,17H2,2-3H3,(H,28,31)/t22-,23?,24-/m1/s1. The smallest absolute Gasteiger partial charge is 0.255 e. The van der Waals surface area contributed by atoms with Gasteiger partial charge < -0.3 is 19.7 Å². The van der Waals surface area contributed by atoms with Crippen molar-refractivity contribution in [2.45, 2.75) is 88.6 Å². The molecule has 1 aromatic carbocycles. The lowest BCUT2D eigenvalue weighted by molar-refractivity contribution is -0.126. The first-order valence-electron chi connectivity index (χ1n) is 12.8. The molecule has 184 valence electrons. The van der Waals surface area contributed by atoms with Gasteiger partial charge in [-0.2, -0.15) is 0 Å². The van der Waals surface area contributed by atoms with E-state index < -0.39 is 6.04 Å². The Kier molecular flexibility index (Phi) is 6.42. The van der Waals surface area contributed by atoms with Crippen LogP contribution in [0.25, 0.3) is 0 Å². The number of allylic oxidation sites excluding steroid dienone is 1. The zero-order valence-corrected chi connectivity index (χ0v) is 20.5. The van der Waals surface area contributed by atoms with Gasteiger partial charge in [-0.1, -0.05) is 13.0 Å². The van der Waals surface area contributed by atoms with Gasteiger partial charge >= 0.3 is 0 Å². The van der Waals surface area contributed by atoms with E-state index in [9.17, 15) is 9.59 Å². The van der Waals surface area contributed by atoms with Crippen LogP contribution in [-0.4, -0.2) is 65.6 Å². The Hall–Kier alpha value is -2.38. The summed E-state index contributed by atoms with van der Waals surface area (Å²) in [5.41, 5.74) is 2.34. The molecule has 3 heterocycles. The number of nitrogens with one attached hydrogen (secondary N) is 1. The summed E-state index contributed by atoms with van der Waals surface area (Å²) in [5.74, 6) is 0.620. The van der Waals surface area contributed by atoms with Crippen LogP contribution in [0, 0.1) is 0 Å². The Morgan fingerprint density at radius 2 is 1.88 bits per heavy atom. The van der Waals surface area contributed by atoms with Gasteiger partial charge in [0.05, 0.1) is 5.60 Å². The topological polar surface area (TPSA) is 71.1 Å². The molecule has 1 N–H and O–H groups in total. The molecule has 1 aromatic rings. The van der Waals surface area contributed by atoms with E-state index in [1.165, 1.54) is 12.8 Å². The number of methoxy groups -OCH3 is 1. The number of fused-ring (bicyclic) bond motifs is 1. The van der Waals surface area contributed by atoms with Crippen LogP contribution in [-0.2, 0) is 16.1 Å². The van der Waals surface area contributed by atoms with Crippen LogP contribution >= 0.6 is 0 Å². The van der Waals surface area contributed by atoms with Crippen LogP contribution in [0.2, 0.25) is 0 Å². The van der Waals surface area contributed by atoms with E-state index in [4.69, 9.17) is 9.47 Å². The summed E-state index contributed by atoms with van der Waals surface area (Å²) >= 11 is 0. The van der Waals surface area contributed by atoms with Crippen molar-refractivity contribution in [1.29, 1.82) is 0 Å². The van der Waals surface area contributed by atoms with E-state index in [1.54, 1.807) is 4.90 Å². The number of carbonyl (C=O) groups is 2. The molecule has 0 radical (unpaired) electrons. The molecule has 4 aliphatic rings. The van der Waals surface area contributed by atoms with Crippen LogP contribution in [0.1, 0.15) is 74.2 Å². The first-order valence-corrected chi connectivity index (χ1v) is 12.8. The molecule has 34 heavy (non-hydrogen) atoms. The average molecular weight is 468 g/mol. The summed E-state index contributed by atoms with van der Waals surface area (Å²) < 4.78 is 12.3. The van der Waals surface area contributed by atoms with Crippen molar-refractivity contribution in [2.75, 3.05) is 20.2 Å². The highest BCUT2D eigenvalue weighted by molar-refractivity contribution is 6.01. The lowest BCUT2D eigenvalue weighted by Crippen LogP contribution is -2.53. The number of amides is 2. The van der Waals surface area contributed by atoms with Gasteiger partial charge in [0, 0.05) is 44.0 Å². The van der Waals surface area contributed by atoms with Gasteiger partial charge in [-0.15, -0.1) is 0 Å². The van der Waals surface area contributed by atoms with Crippen molar-refractivity contribution < 1.29 is 19.1 Å². The largest absolute Gasteiger partial charge is 0.489 e. The number of nitrogens with zero attached hydrogens (tertiary/aromatic N) is 2. The number of rotatable bonds is 5. The maximum Gasteiger partial charge on any atom is 0.255 e. The molecule has 3 fully saturated rings. The van der Waals surface area contributed by atoms with Gasteiger partial charge in [0.15, 0.2) is 0 Å². The minimum absolute atomic E-state index is 0.0115. The highest BCUT2D eigenvalue weighted by Gasteiger charge is 2.39. The van der Waals surface area contributed by atoms with Crippen molar-refractivity contribution in [3.05, 3.63) is 41.6 Å². The lowest BCUT2D eigenvalue weighted by atomic mass is 9.87. The number of carbonyl (C=O) groups excluding carboxylic acids is 2. The number of piperidine rings is 2. The van der Waals surface area contributed by atoms with Crippen molar-refractivity contribution >= 4 is 11.8 Å². The molecule has 0 bridgehead atoms. The van der Waals surface area contributed by atoms with E-state index in [-0.39, 0.29) is 23.5 Å². The van der Waals surface area contributed by atoms with E-state index in [1.807, 2.05) is 25.3 Å². The third kappa shape index (κ3) is 4.48. The lowest BCUT2D eigenvalue weighted by Gasteiger charge is -2.45. The maximum atomic E-state index is 13.0. The molecule has 1 unspecified atom stereocenters. The highest BCUT2D eigenvalue weighted by atomic mass is 16.5. The zero-order chi connectivity index (χ0) is 23.9. The van der Waals surface area contributed by atoms with Gasteiger partial charge in [0.2, 0.25) is 5.91 Å². The van der Waals surface area contributed by atoms with E-state index >= 15 is 0 Å². The molecule has 1 saturated carbocycles. The molecule has 2 amide bonds. The fraction of sp³-hybridized carbons (Fsp3) is 0.630. The normalized spacial score (nSPS) is 29.6. The summed E-state index contributed by atoms with van der Waals surface area (Å²) in [6.45, 7) is 8.58. The van der Waals surface area contributed by atoms with Gasteiger partial charge in [0.1, 0.15) is 17.9 Å². The number of ether oxygens (including phenoxy) is 2. The monoisotopic (exact) mass is 467 g/mol. The predicted octanol–water partition coefficient (Wildman–Crippen LogP) is 3.63. The van der Waals surface area contributed by atoms with Crippen molar-refractivity contribution in [3.63, 3.8) is 0 Å². The van der Waals surface area contributed by atoms with Crippen LogP contribution in [0.3, 0.4) is 0 Å². The average Bonchev–Trinajstić information content (AvgIpc) is 3.15. The Morgan fingerprint density at radius 3 is 2.62 bits per heavy atom. The second kappa shape index (κ2) is 9.34. The Balaban J connectivity index is 1.27. The number of likely N-dealkylation sites (tertiary alicyclic amines) is 1. The van der Waals surface area contributed by atoms with Crippen molar-refractivity contribution in [1.82, 2.24) is 15.1 Å². The SMILES string of the molecule is C=C1CCC(N2Cc3cc(O[C@@H]4CCCC[C@H]4N4CCC(C)(OC)CC4)ccc3C2=O)C(=O)N1. The second-order valence-corrected chi connectivity index (χ2v) is 10.6. The minimum atomic E-state index is -0.436. The second-order valence-electron chi connectivity index (χ2n) is 10.6. The summed E-state index contributed by atoms with van der Waals surface area (Å²) in [4.78, 5) is 29.8. The number of hydrogen-bond acceptors (Lipinski definition) is 5. The summed E-state index contributed by atoms with van der Waals surface area (Å²) in [6.07, 6.45) is 8.21. The molecule has 1 aliphatic carbocycles. The molecule has 0 spiro atoms. The number of benzene rings is 1. The summed E-state index contributed by atoms with van der Waals surface area (Å²) in [6, 6.07) is 5.79. The Labute approximate surface area is 202 Å². The number of hydrogen-bond donors (Lipinski definition) is 1. The molecule has 3 aliphatic heterocycles. The fourth-order valence-corrected chi connectivity index (χ4v) is 6.04. The third-order valence-corrected chi connectivity index (χ3v) is 8.38. The molecule has 7 nitrogen and oxygen atoms in total. The molecule has 0 aromatic heterocycles. The quantitative estimate of drug-likeness (QED) is 0.716. The Morgan fingerprint density at radius 1 is 1.12 bits per heavy atom. The highest BCUT2D eigenvalue weighted by Crippen LogP contribution is 2.35. The van der Waals surface area contributed by atoms with Crippen LogP contribution < -0.4 is 10.1 Å². The van der Waals surface area contributed by atoms with Crippen LogP contribution in [0.15, 0.2) is 30.5 Å². The maximum absolute atomic E-state index is 13.0. The van der Waals surface area contributed by atoms with Gasteiger partial charge in [0.25, 0.3) is 5.91 Å². The third-order valence-electron chi connectivity index (χ3n) is 8.38. The minimum Gasteiger partial charge on any atom is -0.489 e. The molecule has 2 saturated heterocycles. The van der Waals surface area contributed by atoms with Gasteiger partial charge in [-0.3, -0.25) is 14.5 Å². The van der Waals surface area contributed by atoms with E-state index in [2.05, 4.69) is 23.7 Å². The first kappa shape index (κ1) is 23.4. The van der Waals surface area contributed by atoms with Crippen LogP contribution in [0.5, 0.6) is 5.75 Å². The predicted molar refractivity (Wildman–Crippen MR) is 130 cm³/mol. The molecular weight excluding hydrogens is 430 g/mol. The Bertz CT molecular complexity index is 969. The van der Waals surface area contributed by atoms with Crippen LogP contribution in [0.4, 0.5) is 0 Å². The first-order chi connectivity index (χ1) is 16.4. The molecular formula is C27H37N3O4. The zero-order valence-electron chi connectivity index (χ0n) is 20.5. The summed E-state index contributed by atoms with van der Waals surface area (Å²) in [5, 5.41) is 2.80. The van der Waals surface area contributed by atoms with Crippen molar-refractivity contribution in [3.8, 4) is 5.75 Å². The van der Waals surface area contributed by atoms with Crippen molar-refractivity contribution in [2.24, 2.45) is 0 Å². The van der Waals surface area contributed by atoms with E-state index in [0.717, 1.165) is 55.8 Å². The molecule has 5 rings (SSSR count). The van der Waals surface area contributed by atoms with Gasteiger partial charge in [-0.05, 0) is 75.6 Å². The van der Waals surface area contributed by atoms with Gasteiger partial charge in [-0.25, -0.2) is 0 Å².